The maximum absolute atomic E-state index is 12.2. The highest BCUT2D eigenvalue weighted by atomic mass is 35.5. The molecule has 0 aliphatic carbocycles. The third kappa shape index (κ3) is 3.81. The number of nitrogens with zero attached hydrogens (tertiary/aromatic N) is 2. The molecule has 122 valence electrons. The van der Waals surface area contributed by atoms with E-state index in [2.05, 4.69) is 15.5 Å². The fourth-order valence-electron chi connectivity index (χ4n) is 2.41. The molecule has 0 atom stereocenters. The van der Waals surface area contributed by atoms with Crippen molar-refractivity contribution in [2.75, 3.05) is 0 Å². The van der Waals surface area contributed by atoms with E-state index in [1.165, 1.54) is 0 Å². The molecule has 0 unspecified atom stereocenters. The van der Waals surface area contributed by atoms with Gasteiger partial charge in [-0.2, -0.15) is 4.98 Å². The Morgan fingerprint density at radius 1 is 1.12 bits per heavy atom. The number of carbonyl (C=O) groups is 1. The van der Waals surface area contributed by atoms with Gasteiger partial charge < -0.3 is 9.84 Å². The molecule has 1 heterocycles. The predicted octanol–water partition coefficient (Wildman–Crippen LogP) is 3.94. The number of hydrogen-bond acceptors (Lipinski definition) is 4. The predicted molar refractivity (Wildman–Crippen MR) is 91.8 cm³/mol. The monoisotopic (exact) mass is 341 g/mol. The van der Waals surface area contributed by atoms with Gasteiger partial charge in [0.25, 0.3) is 5.91 Å². The average Bonchev–Trinajstić information content (AvgIpc) is 3.01. The van der Waals surface area contributed by atoms with Gasteiger partial charge in [-0.15, -0.1) is 0 Å². The van der Waals surface area contributed by atoms with Crippen molar-refractivity contribution >= 4 is 17.5 Å². The Balaban J connectivity index is 1.67. The lowest BCUT2D eigenvalue weighted by molar-refractivity contribution is 0.0946. The SMILES string of the molecule is Cc1cc(C)cc(C(=O)NCc2nc(-c3ccc(Cl)cc3)no2)c1. The number of halogens is 1. The van der Waals surface area contributed by atoms with Gasteiger partial charge in [0.15, 0.2) is 0 Å². The third-order valence-corrected chi connectivity index (χ3v) is 3.71. The minimum Gasteiger partial charge on any atom is -0.343 e. The van der Waals surface area contributed by atoms with Crippen LogP contribution < -0.4 is 5.32 Å². The van der Waals surface area contributed by atoms with E-state index in [0.717, 1.165) is 16.7 Å². The van der Waals surface area contributed by atoms with Gasteiger partial charge in [-0.1, -0.05) is 34.0 Å². The molecule has 2 aromatic carbocycles. The van der Waals surface area contributed by atoms with E-state index in [0.29, 0.717) is 22.3 Å². The summed E-state index contributed by atoms with van der Waals surface area (Å²) in [7, 11) is 0. The summed E-state index contributed by atoms with van der Waals surface area (Å²) >= 11 is 5.86. The fraction of sp³-hybridized carbons (Fsp3) is 0.167. The van der Waals surface area contributed by atoms with Crippen LogP contribution in [0.4, 0.5) is 0 Å². The zero-order valence-electron chi connectivity index (χ0n) is 13.3. The first-order chi connectivity index (χ1) is 11.5. The molecule has 1 N–H and O–H groups in total. The van der Waals surface area contributed by atoms with Gasteiger partial charge in [0.1, 0.15) is 0 Å². The number of hydrogen-bond donors (Lipinski definition) is 1. The lowest BCUT2D eigenvalue weighted by Crippen LogP contribution is -2.23. The molecule has 1 amide bonds. The van der Waals surface area contributed by atoms with Crippen LogP contribution in [0.5, 0.6) is 0 Å². The van der Waals surface area contributed by atoms with Crippen LogP contribution in [0, 0.1) is 13.8 Å². The van der Waals surface area contributed by atoms with Crippen molar-refractivity contribution in [2.24, 2.45) is 0 Å². The molecule has 0 radical (unpaired) electrons. The minimum atomic E-state index is -0.173. The number of carbonyl (C=O) groups excluding carboxylic acids is 1. The number of amides is 1. The Morgan fingerprint density at radius 2 is 1.79 bits per heavy atom. The van der Waals surface area contributed by atoms with Crippen LogP contribution in [0.1, 0.15) is 27.4 Å². The molecule has 3 rings (SSSR count). The van der Waals surface area contributed by atoms with Crippen LogP contribution in [0.25, 0.3) is 11.4 Å². The summed E-state index contributed by atoms with van der Waals surface area (Å²) in [4.78, 5) is 16.5. The average molecular weight is 342 g/mol. The number of benzene rings is 2. The van der Waals surface area contributed by atoms with E-state index >= 15 is 0 Å². The first kappa shape index (κ1) is 16.2. The van der Waals surface area contributed by atoms with Gasteiger partial charge in [-0.25, -0.2) is 0 Å². The molecule has 0 fully saturated rings. The zero-order chi connectivity index (χ0) is 17.1. The van der Waals surface area contributed by atoms with Crippen molar-refractivity contribution in [1.82, 2.24) is 15.5 Å². The standard InChI is InChI=1S/C18H16ClN3O2/c1-11-7-12(2)9-14(8-11)18(23)20-10-16-21-17(22-24-16)13-3-5-15(19)6-4-13/h3-9H,10H2,1-2H3,(H,20,23). The van der Waals surface area contributed by atoms with Crippen LogP contribution in [0.15, 0.2) is 47.0 Å². The summed E-state index contributed by atoms with van der Waals surface area (Å²) in [5.41, 5.74) is 3.51. The molecule has 5 nitrogen and oxygen atoms in total. The second kappa shape index (κ2) is 6.84. The largest absolute Gasteiger partial charge is 0.343 e. The van der Waals surface area contributed by atoms with Gasteiger partial charge in [0.2, 0.25) is 11.7 Å². The van der Waals surface area contributed by atoms with Crippen LogP contribution in [0.3, 0.4) is 0 Å². The lowest BCUT2D eigenvalue weighted by atomic mass is 10.1. The molecule has 0 bridgehead atoms. The summed E-state index contributed by atoms with van der Waals surface area (Å²) in [6.45, 7) is 4.09. The van der Waals surface area contributed by atoms with Crippen molar-refractivity contribution < 1.29 is 9.32 Å². The molecule has 1 aromatic heterocycles. The summed E-state index contributed by atoms with van der Waals surface area (Å²) in [6.07, 6.45) is 0. The van der Waals surface area contributed by atoms with Crippen LogP contribution in [-0.2, 0) is 6.54 Å². The van der Waals surface area contributed by atoms with Gasteiger partial charge in [-0.05, 0) is 50.2 Å². The van der Waals surface area contributed by atoms with Crippen LogP contribution >= 0.6 is 11.6 Å². The molecule has 0 aliphatic heterocycles. The molecular weight excluding hydrogens is 326 g/mol. The molecule has 0 aliphatic rings. The number of aromatic nitrogens is 2. The van der Waals surface area contributed by atoms with Crippen LogP contribution in [-0.4, -0.2) is 16.0 Å². The van der Waals surface area contributed by atoms with E-state index in [4.69, 9.17) is 16.1 Å². The Labute approximate surface area is 144 Å². The van der Waals surface area contributed by atoms with Gasteiger partial charge in [0.05, 0.1) is 6.54 Å². The molecule has 0 saturated carbocycles. The van der Waals surface area contributed by atoms with E-state index in [1.54, 1.807) is 12.1 Å². The maximum Gasteiger partial charge on any atom is 0.251 e. The van der Waals surface area contributed by atoms with Crippen molar-refractivity contribution in [2.45, 2.75) is 20.4 Å². The van der Waals surface area contributed by atoms with E-state index in [-0.39, 0.29) is 12.5 Å². The second-order valence-electron chi connectivity index (χ2n) is 5.58. The first-order valence-corrected chi connectivity index (χ1v) is 7.84. The second-order valence-corrected chi connectivity index (χ2v) is 6.01. The van der Waals surface area contributed by atoms with Crippen molar-refractivity contribution in [1.29, 1.82) is 0 Å². The third-order valence-electron chi connectivity index (χ3n) is 3.45. The van der Waals surface area contributed by atoms with E-state index in [1.807, 2.05) is 44.2 Å². The Kier molecular flexibility index (Phi) is 4.62. The number of nitrogens with one attached hydrogen (secondary N) is 1. The molecule has 0 spiro atoms. The highest BCUT2D eigenvalue weighted by Crippen LogP contribution is 2.18. The smallest absolute Gasteiger partial charge is 0.251 e. The molecular formula is C18H16ClN3O2. The summed E-state index contributed by atoms with van der Waals surface area (Å²) in [6, 6.07) is 12.8. The van der Waals surface area contributed by atoms with E-state index < -0.39 is 0 Å². The van der Waals surface area contributed by atoms with Crippen LogP contribution in [0.2, 0.25) is 5.02 Å². The number of aryl methyl sites for hydroxylation is 2. The Hall–Kier alpha value is -2.66. The molecule has 6 heteroatoms. The highest BCUT2D eigenvalue weighted by Gasteiger charge is 2.11. The van der Waals surface area contributed by atoms with E-state index in [9.17, 15) is 4.79 Å². The quantitative estimate of drug-likeness (QED) is 0.780. The summed E-state index contributed by atoms with van der Waals surface area (Å²) < 4.78 is 5.17. The van der Waals surface area contributed by atoms with Gasteiger partial charge in [-0.3, -0.25) is 4.79 Å². The topological polar surface area (TPSA) is 68.0 Å². The highest BCUT2D eigenvalue weighted by molar-refractivity contribution is 6.30. The van der Waals surface area contributed by atoms with Crippen molar-refractivity contribution in [3.63, 3.8) is 0 Å². The lowest BCUT2D eigenvalue weighted by Gasteiger charge is -2.05. The van der Waals surface area contributed by atoms with Crippen molar-refractivity contribution in [3.8, 4) is 11.4 Å². The van der Waals surface area contributed by atoms with Gasteiger partial charge in [0, 0.05) is 16.1 Å². The molecule has 3 aromatic rings. The normalized spacial score (nSPS) is 10.6. The van der Waals surface area contributed by atoms with Gasteiger partial charge >= 0.3 is 0 Å². The zero-order valence-corrected chi connectivity index (χ0v) is 14.1. The Morgan fingerprint density at radius 3 is 2.46 bits per heavy atom. The summed E-state index contributed by atoms with van der Waals surface area (Å²) in [5.74, 6) is 0.632. The Bertz CT molecular complexity index is 852. The summed E-state index contributed by atoms with van der Waals surface area (Å²) in [5, 5.41) is 7.34. The first-order valence-electron chi connectivity index (χ1n) is 7.46. The maximum atomic E-state index is 12.2. The molecule has 24 heavy (non-hydrogen) atoms. The number of rotatable bonds is 4. The fourth-order valence-corrected chi connectivity index (χ4v) is 2.53. The minimum absolute atomic E-state index is 0.173. The van der Waals surface area contributed by atoms with Crippen molar-refractivity contribution in [3.05, 3.63) is 70.1 Å². The molecule has 0 saturated heterocycles.